The second-order valence-electron chi connectivity index (χ2n) is 5.07. The maximum absolute atomic E-state index is 12.2. The SMILES string of the molecule is CCCCC[P+](=O)OC(c1ccccc1)c1ccccc1. The van der Waals surface area contributed by atoms with E-state index in [0.29, 0.717) is 6.16 Å². The molecule has 110 valence electrons. The van der Waals surface area contributed by atoms with E-state index in [1.807, 2.05) is 60.7 Å². The predicted octanol–water partition coefficient (Wildman–Crippen LogP) is 5.73. The van der Waals surface area contributed by atoms with Crippen LogP contribution < -0.4 is 0 Å². The number of rotatable bonds is 8. The van der Waals surface area contributed by atoms with Crippen LogP contribution in [0.2, 0.25) is 0 Å². The predicted molar refractivity (Wildman–Crippen MR) is 87.8 cm³/mol. The first-order chi connectivity index (χ1) is 10.3. The van der Waals surface area contributed by atoms with Gasteiger partial charge in [0, 0.05) is 0 Å². The Morgan fingerprint density at radius 1 is 0.905 bits per heavy atom. The van der Waals surface area contributed by atoms with Crippen molar-refractivity contribution in [1.82, 2.24) is 0 Å². The molecule has 21 heavy (non-hydrogen) atoms. The Balaban J connectivity index is 2.12. The van der Waals surface area contributed by atoms with Crippen LogP contribution in [0.25, 0.3) is 0 Å². The van der Waals surface area contributed by atoms with Crippen LogP contribution in [0, 0.1) is 0 Å². The van der Waals surface area contributed by atoms with Gasteiger partial charge >= 0.3 is 8.03 Å². The molecule has 1 unspecified atom stereocenters. The van der Waals surface area contributed by atoms with E-state index in [-0.39, 0.29) is 6.10 Å². The Hall–Kier alpha value is -1.50. The Kier molecular flexibility index (Phi) is 6.59. The van der Waals surface area contributed by atoms with Gasteiger partial charge in [-0.3, -0.25) is 0 Å². The summed E-state index contributed by atoms with van der Waals surface area (Å²) < 4.78 is 18.1. The van der Waals surface area contributed by atoms with Gasteiger partial charge in [-0.15, -0.1) is 4.52 Å². The van der Waals surface area contributed by atoms with Crippen LogP contribution in [0.15, 0.2) is 60.7 Å². The lowest BCUT2D eigenvalue weighted by molar-refractivity contribution is 0.260. The Labute approximate surface area is 128 Å². The molecular formula is C18H22O2P+. The quantitative estimate of drug-likeness (QED) is 0.460. The molecule has 0 spiro atoms. The molecule has 2 rings (SSSR count). The van der Waals surface area contributed by atoms with Gasteiger partial charge < -0.3 is 0 Å². The lowest BCUT2D eigenvalue weighted by Crippen LogP contribution is -2.02. The first-order valence-electron chi connectivity index (χ1n) is 7.52. The molecule has 0 N–H and O–H groups in total. The number of unbranched alkanes of at least 4 members (excludes halogenated alkanes) is 2. The first kappa shape index (κ1) is 15.9. The lowest BCUT2D eigenvalue weighted by Gasteiger charge is -2.12. The van der Waals surface area contributed by atoms with Gasteiger partial charge in [-0.2, -0.15) is 0 Å². The standard InChI is InChI=1S/C18H22O2P/c1-2-3-10-15-21(19)20-18(16-11-6-4-7-12-16)17-13-8-5-9-14-17/h4-9,11-14,18H,2-3,10,15H2,1H3/q+1. The van der Waals surface area contributed by atoms with Gasteiger partial charge in [-0.25, -0.2) is 0 Å². The summed E-state index contributed by atoms with van der Waals surface area (Å²) in [5.74, 6) is 0. The summed E-state index contributed by atoms with van der Waals surface area (Å²) >= 11 is 0. The summed E-state index contributed by atoms with van der Waals surface area (Å²) in [4.78, 5) is 0. The number of hydrogen-bond donors (Lipinski definition) is 0. The second kappa shape index (κ2) is 8.71. The van der Waals surface area contributed by atoms with Gasteiger partial charge in [-0.1, -0.05) is 74.0 Å². The van der Waals surface area contributed by atoms with Crippen molar-refractivity contribution < 1.29 is 9.09 Å². The molecule has 0 bridgehead atoms. The van der Waals surface area contributed by atoms with E-state index in [9.17, 15) is 4.57 Å². The molecule has 1 atom stereocenters. The zero-order valence-corrected chi connectivity index (χ0v) is 13.3. The highest BCUT2D eigenvalue weighted by molar-refractivity contribution is 7.39. The van der Waals surface area contributed by atoms with Crippen molar-refractivity contribution in [2.24, 2.45) is 0 Å². The van der Waals surface area contributed by atoms with E-state index in [0.717, 1.165) is 30.4 Å². The van der Waals surface area contributed by atoms with Crippen LogP contribution in [0.4, 0.5) is 0 Å². The fourth-order valence-electron chi connectivity index (χ4n) is 2.23. The molecule has 0 amide bonds. The van der Waals surface area contributed by atoms with Crippen molar-refractivity contribution in [3.8, 4) is 0 Å². The molecule has 0 aliphatic heterocycles. The molecule has 2 nitrogen and oxygen atoms in total. The second-order valence-corrected chi connectivity index (χ2v) is 6.39. The summed E-state index contributed by atoms with van der Waals surface area (Å²) in [6, 6.07) is 20.0. The van der Waals surface area contributed by atoms with Crippen molar-refractivity contribution in [3.05, 3.63) is 71.8 Å². The fraction of sp³-hybridized carbons (Fsp3) is 0.333. The van der Waals surface area contributed by atoms with Crippen LogP contribution in [-0.4, -0.2) is 6.16 Å². The van der Waals surface area contributed by atoms with Crippen molar-refractivity contribution in [2.75, 3.05) is 6.16 Å². The van der Waals surface area contributed by atoms with Crippen LogP contribution in [0.5, 0.6) is 0 Å². The van der Waals surface area contributed by atoms with Gasteiger partial charge in [0.25, 0.3) is 0 Å². The van der Waals surface area contributed by atoms with Gasteiger partial charge in [0.05, 0.1) is 0 Å². The number of benzene rings is 2. The molecule has 0 saturated carbocycles. The average Bonchev–Trinajstić information content (AvgIpc) is 2.54. The zero-order chi connectivity index (χ0) is 14.9. The maximum Gasteiger partial charge on any atom is 0.509 e. The minimum absolute atomic E-state index is 0.252. The third-order valence-corrected chi connectivity index (χ3v) is 4.50. The zero-order valence-electron chi connectivity index (χ0n) is 12.4. The third kappa shape index (κ3) is 5.08. The topological polar surface area (TPSA) is 26.3 Å². The van der Waals surface area contributed by atoms with E-state index in [1.54, 1.807) is 0 Å². The highest BCUT2D eigenvalue weighted by Gasteiger charge is 2.26. The van der Waals surface area contributed by atoms with Gasteiger partial charge in [0.15, 0.2) is 12.3 Å². The fourth-order valence-corrected chi connectivity index (χ4v) is 3.30. The van der Waals surface area contributed by atoms with Gasteiger partial charge in [0.2, 0.25) is 0 Å². The van der Waals surface area contributed by atoms with Crippen molar-refractivity contribution in [3.63, 3.8) is 0 Å². The third-order valence-electron chi connectivity index (χ3n) is 3.37. The van der Waals surface area contributed by atoms with Crippen LogP contribution >= 0.6 is 8.03 Å². The van der Waals surface area contributed by atoms with Gasteiger partial charge in [-0.05, 0) is 28.5 Å². The maximum atomic E-state index is 12.2. The normalized spacial score (nSPS) is 11.6. The highest BCUT2D eigenvalue weighted by atomic mass is 31.1. The summed E-state index contributed by atoms with van der Waals surface area (Å²) in [5, 5.41) is 0. The molecule has 3 heteroatoms. The molecule has 0 saturated heterocycles. The summed E-state index contributed by atoms with van der Waals surface area (Å²) in [6.45, 7) is 2.14. The largest absolute Gasteiger partial charge is 0.509 e. The van der Waals surface area contributed by atoms with Gasteiger partial charge in [0.1, 0.15) is 0 Å². The summed E-state index contributed by atoms with van der Waals surface area (Å²) in [7, 11) is -1.63. The van der Waals surface area contributed by atoms with E-state index in [2.05, 4.69) is 6.92 Å². The minimum atomic E-state index is -1.63. The average molecular weight is 301 g/mol. The molecule has 0 heterocycles. The molecule has 0 fully saturated rings. The first-order valence-corrected chi connectivity index (χ1v) is 8.89. The molecule has 0 aromatic heterocycles. The Morgan fingerprint density at radius 2 is 1.43 bits per heavy atom. The van der Waals surface area contributed by atoms with Crippen molar-refractivity contribution in [2.45, 2.75) is 32.3 Å². The molecule has 0 aliphatic rings. The highest BCUT2D eigenvalue weighted by Crippen LogP contribution is 2.37. The smallest absolute Gasteiger partial charge is 0.133 e. The Morgan fingerprint density at radius 3 is 1.90 bits per heavy atom. The number of hydrogen-bond acceptors (Lipinski definition) is 2. The molecular weight excluding hydrogens is 279 g/mol. The van der Waals surface area contributed by atoms with E-state index in [4.69, 9.17) is 4.52 Å². The minimum Gasteiger partial charge on any atom is -0.133 e. The molecule has 0 radical (unpaired) electrons. The van der Waals surface area contributed by atoms with Crippen LogP contribution in [0.3, 0.4) is 0 Å². The van der Waals surface area contributed by atoms with E-state index in [1.165, 1.54) is 0 Å². The molecule has 2 aromatic rings. The molecule has 2 aromatic carbocycles. The Bertz CT molecular complexity index is 500. The summed E-state index contributed by atoms with van der Waals surface area (Å²) in [5.41, 5.74) is 2.09. The monoisotopic (exact) mass is 301 g/mol. The van der Waals surface area contributed by atoms with Crippen molar-refractivity contribution in [1.29, 1.82) is 0 Å². The van der Waals surface area contributed by atoms with Crippen LogP contribution in [-0.2, 0) is 9.09 Å². The lowest BCUT2D eigenvalue weighted by atomic mass is 10.0. The summed E-state index contributed by atoms with van der Waals surface area (Å²) in [6.07, 6.45) is 3.58. The van der Waals surface area contributed by atoms with Crippen LogP contribution in [0.1, 0.15) is 43.4 Å². The molecule has 0 aliphatic carbocycles. The van der Waals surface area contributed by atoms with E-state index < -0.39 is 8.03 Å². The van der Waals surface area contributed by atoms with E-state index >= 15 is 0 Å². The van der Waals surface area contributed by atoms with Crippen molar-refractivity contribution >= 4 is 8.03 Å².